The van der Waals surface area contributed by atoms with Crippen LogP contribution in [0.15, 0.2) is 76.6 Å². The van der Waals surface area contributed by atoms with Gasteiger partial charge in [-0.25, -0.2) is 0 Å². The molecule has 0 bridgehead atoms. The van der Waals surface area contributed by atoms with Gasteiger partial charge in [0.05, 0.1) is 16.7 Å². The van der Waals surface area contributed by atoms with E-state index in [1.807, 2.05) is 66.7 Å². The van der Waals surface area contributed by atoms with E-state index in [2.05, 4.69) is 11.9 Å². The first-order valence-corrected chi connectivity index (χ1v) is 10.7. The standard InChI is InChI=1S/C25H27N3O5/c1-3-5-9-13-27(12-4-2)21-15-20-19(26-24(31)25(32)28(20)16-23(29)30)14-22(21)33-17-18-10-7-6-8-11-18/h4,6-15H,3,5,16-17H2,1-2H3,(H,26,31)(H,29,30)/b12-4-,13-9-. The van der Waals surface area contributed by atoms with Crippen molar-refractivity contribution in [3.05, 3.63) is 93.3 Å². The number of aromatic amines is 1. The lowest BCUT2D eigenvalue weighted by molar-refractivity contribution is -0.137. The molecular weight excluding hydrogens is 422 g/mol. The monoisotopic (exact) mass is 449 g/mol. The molecule has 0 fully saturated rings. The van der Waals surface area contributed by atoms with Crippen LogP contribution in [-0.4, -0.2) is 20.6 Å². The number of rotatable bonds is 10. The van der Waals surface area contributed by atoms with E-state index in [4.69, 9.17) is 4.74 Å². The first kappa shape index (κ1) is 23.6. The third-order valence-corrected chi connectivity index (χ3v) is 4.90. The van der Waals surface area contributed by atoms with Crippen LogP contribution in [0.1, 0.15) is 32.3 Å². The van der Waals surface area contributed by atoms with Gasteiger partial charge < -0.3 is 19.7 Å². The molecule has 2 N–H and O–H groups in total. The van der Waals surface area contributed by atoms with Crippen LogP contribution in [0.25, 0.3) is 11.0 Å². The highest BCUT2D eigenvalue weighted by Gasteiger charge is 2.17. The molecule has 0 aliphatic heterocycles. The van der Waals surface area contributed by atoms with Gasteiger partial charge in [0, 0.05) is 18.5 Å². The van der Waals surface area contributed by atoms with E-state index < -0.39 is 23.6 Å². The van der Waals surface area contributed by atoms with E-state index in [0.29, 0.717) is 29.1 Å². The highest BCUT2D eigenvalue weighted by molar-refractivity contribution is 5.85. The Balaban J connectivity index is 2.21. The average Bonchev–Trinajstić information content (AvgIpc) is 2.80. The molecule has 0 amide bonds. The quantitative estimate of drug-likeness (QED) is 0.453. The van der Waals surface area contributed by atoms with Crippen molar-refractivity contribution in [1.82, 2.24) is 9.55 Å². The largest absolute Gasteiger partial charge is 0.487 e. The molecule has 0 saturated carbocycles. The lowest BCUT2D eigenvalue weighted by atomic mass is 10.2. The fourth-order valence-electron chi connectivity index (χ4n) is 3.36. The molecule has 8 nitrogen and oxygen atoms in total. The number of aromatic nitrogens is 2. The summed E-state index contributed by atoms with van der Waals surface area (Å²) in [7, 11) is 0. The number of H-pyrrole nitrogens is 1. The Morgan fingerprint density at radius 1 is 1.18 bits per heavy atom. The zero-order valence-electron chi connectivity index (χ0n) is 18.7. The Labute approximate surface area is 191 Å². The minimum Gasteiger partial charge on any atom is -0.487 e. The SMILES string of the molecule is C/C=C\N(/C=C\CCC)c1cc2c(cc1OCc1ccccc1)[nH]c(=O)c(=O)n2CC(=O)O. The van der Waals surface area contributed by atoms with Crippen LogP contribution in [0.4, 0.5) is 5.69 Å². The number of unbranched alkanes of at least 4 members (excludes halogenated alkanes) is 1. The van der Waals surface area contributed by atoms with Crippen LogP contribution in [0, 0.1) is 0 Å². The number of aliphatic carboxylic acids is 1. The Morgan fingerprint density at radius 2 is 1.94 bits per heavy atom. The first-order chi connectivity index (χ1) is 15.9. The van der Waals surface area contributed by atoms with Gasteiger partial charge in [-0.3, -0.25) is 19.0 Å². The molecule has 3 aromatic rings. The number of nitrogens with one attached hydrogen (secondary N) is 1. The van der Waals surface area contributed by atoms with E-state index in [1.54, 1.807) is 12.1 Å². The molecule has 0 radical (unpaired) electrons. The van der Waals surface area contributed by atoms with Gasteiger partial charge in [0.1, 0.15) is 18.9 Å². The van der Waals surface area contributed by atoms with Gasteiger partial charge in [-0.05, 0) is 25.0 Å². The molecule has 1 aromatic heterocycles. The topological polar surface area (TPSA) is 105 Å². The number of carbonyl (C=O) groups is 1. The number of carboxylic acid groups (broad SMARTS) is 1. The summed E-state index contributed by atoms with van der Waals surface area (Å²) in [5.41, 5.74) is 0.362. The van der Waals surface area contributed by atoms with Crippen LogP contribution in [0.3, 0.4) is 0 Å². The van der Waals surface area contributed by atoms with Crippen molar-refractivity contribution in [3.63, 3.8) is 0 Å². The summed E-state index contributed by atoms with van der Waals surface area (Å²) < 4.78 is 7.08. The molecule has 8 heteroatoms. The summed E-state index contributed by atoms with van der Waals surface area (Å²) in [6.45, 7) is 3.62. The lowest BCUT2D eigenvalue weighted by Crippen LogP contribution is -2.37. The molecule has 0 aliphatic rings. The van der Waals surface area contributed by atoms with E-state index >= 15 is 0 Å². The molecule has 0 unspecified atom stereocenters. The number of benzene rings is 2. The van der Waals surface area contributed by atoms with Crippen LogP contribution in [0.5, 0.6) is 5.75 Å². The average molecular weight is 450 g/mol. The second-order valence-corrected chi connectivity index (χ2v) is 7.41. The van der Waals surface area contributed by atoms with Crippen molar-refractivity contribution < 1.29 is 14.6 Å². The molecular formula is C25H27N3O5. The molecule has 0 saturated heterocycles. The number of ether oxygens (including phenoxy) is 1. The van der Waals surface area contributed by atoms with Gasteiger partial charge >= 0.3 is 17.1 Å². The highest BCUT2D eigenvalue weighted by Crippen LogP contribution is 2.33. The third-order valence-electron chi connectivity index (χ3n) is 4.90. The number of fused-ring (bicyclic) bond motifs is 1. The van der Waals surface area contributed by atoms with E-state index in [9.17, 15) is 19.5 Å². The second-order valence-electron chi connectivity index (χ2n) is 7.41. The Hall–Kier alpha value is -4.07. The third kappa shape index (κ3) is 5.79. The number of carboxylic acids is 1. The van der Waals surface area contributed by atoms with Crippen molar-refractivity contribution in [3.8, 4) is 5.75 Å². The zero-order valence-corrected chi connectivity index (χ0v) is 18.7. The summed E-state index contributed by atoms with van der Waals surface area (Å²) >= 11 is 0. The van der Waals surface area contributed by atoms with Crippen LogP contribution in [-0.2, 0) is 17.9 Å². The van der Waals surface area contributed by atoms with Crippen molar-refractivity contribution >= 4 is 22.7 Å². The molecule has 2 aromatic carbocycles. The maximum Gasteiger partial charge on any atom is 0.323 e. The predicted molar refractivity (Wildman–Crippen MR) is 129 cm³/mol. The molecule has 33 heavy (non-hydrogen) atoms. The number of anilines is 1. The smallest absolute Gasteiger partial charge is 0.323 e. The van der Waals surface area contributed by atoms with Gasteiger partial charge in [-0.2, -0.15) is 0 Å². The van der Waals surface area contributed by atoms with Gasteiger partial charge in [0.15, 0.2) is 0 Å². The van der Waals surface area contributed by atoms with Gasteiger partial charge in [-0.1, -0.05) is 55.8 Å². The van der Waals surface area contributed by atoms with Crippen molar-refractivity contribution in [2.24, 2.45) is 0 Å². The first-order valence-electron chi connectivity index (χ1n) is 10.7. The fraction of sp³-hybridized carbons (Fsp3) is 0.240. The zero-order chi connectivity index (χ0) is 23.8. The van der Waals surface area contributed by atoms with Crippen LogP contribution >= 0.6 is 0 Å². The summed E-state index contributed by atoms with van der Waals surface area (Å²) in [6, 6.07) is 12.9. The molecule has 172 valence electrons. The number of allylic oxidation sites excluding steroid dienone is 2. The lowest BCUT2D eigenvalue weighted by Gasteiger charge is -2.21. The minimum atomic E-state index is -1.22. The van der Waals surface area contributed by atoms with Gasteiger partial charge in [0.25, 0.3) is 0 Å². The number of hydrogen-bond acceptors (Lipinski definition) is 5. The molecule has 0 spiro atoms. The van der Waals surface area contributed by atoms with E-state index in [0.717, 1.165) is 23.0 Å². The van der Waals surface area contributed by atoms with E-state index in [1.165, 1.54) is 0 Å². The van der Waals surface area contributed by atoms with Crippen LogP contribution < -0.4 is 20.8 Å². The molecule has 3 rings (SSSR count). The fourth-order valence-corrected chi connectivity index (χ4v) is 3.36. The summed E-state index contributed by atoms with van der Waals surface area (Å²) in [4.78, 5) is 40.3. The number of hydrogen-bond donors (Lipinski definition) is 2. The summed E-state index contributed by atoms with van der Waals surface area (Å²) in [5, 5.41) is 9.28. The Morgan fingerprint density at radius 3 is 2.61 bits per heavy atom. The molecule has 1 heterocycles. The maximum atomic E-state index is 12.4. The van der Waals surface area contributed by atoms with Crippen molar-refractivity contribution in [1.29, 1.82) is 0 Å². The number of nitrogens with zero attached hydrogens (tertiary/aromatic N) is 2. The summed E-state index contributed by atoms with van der Waals surface area (Å²) in [6.07, 6.45) is 9.47. The molecule has 0 atom stereocenters. The molecule has 0 aliphatic carbocycles. The maximum absolute atomic E-state index is 12.4. The second kappa shape index (κ2) is 11.0. The highest BCUT2D eigenvalue weighted by atomic mass is 16.5. The normalized spacial score (nSPS) is 11.5. The van der Waals surface area contributed by atoms with Crippen molar-refractivity contribution in [2.45, 2.75) is 39.8 Å². The Kier molecular flexibility index (Phi) is 7.86. The van der Waals surface area contributed by atoms with Crippen molar-refractivity contribution in [2.75, 3.05) is 4.90 Å². The van der Waals surface area contributed by atoms with E-state index in [-0.39, 0.29) is 0 Å². The van der Waals surface area contributed by atoms with Crippen LogP contribution in [0.2, 0.25) is 0 Å². The van der Waals surface area contributed by atoms with Gasteiger partial charge in [-0.15, -0.1) is 0 Å². The summed E-state index contributed by atoms with van der Waals surface area (Å²) in [5.74, 6) is -0.745. The Bertz CT molecular complexity index is 1290. The van der Waals surface area contributed by atoms with Gasteiger partial charge in [0.2, 0.25) is 0 Å². The predicted octanol–water partition coefficient (Wildman–Crippen LogP) is 4.01. The minimum absolute atomic E-state index is 0.292.